The lowest BCUT2D eigenvalue weighted by atomic mass is 10.2. The maximum Gasteiger partial charge on any atom is 0.322 e. The van der Waals surface area contributed by atoms with E-state index in [4.69, 9.17) is 5.11 Å². The lowest BCUT2D eigenvalue weighted by molar-refractivity contribution is -0.140. The van der Waals surface area contributed by atoms with Crippen molar-refractivity contribution in [1.29, 1.82) is 0 Å². The number of hydrogen-bond acceptors (Lipinski definition) is 4. The summed E-state index contributed by atoms with van der Waals surface area (Å²) in [6.07, 6.45) is 2.35. The number of hydrogen-bond donors (Lipinski definition) is 1. The van der Waals surface area contributed by atoms with Gasteiger partial charge in [-0.15, -0.1) is 0 Å². The lowest BCUT2D eigenvalue weighted by Gasteiger charge is -2.19. The topological polar surface area (TPSA) is 92.5 Å². The van der Waals surface area contributed by atoms with Gasteiger partial charge >= 0.3 is 5.97 Å². The van der Waals surface area contributed by atoms with E-state index in [1.165, 1.54) is 6.20 Å². The molecule has 1 aromatic rings. The van der Waals surface area contributed by atoms with Crippen LogP contribution in [-0.4, -0.2) is 45.9 Å². The van der Waals surface area contributed by atoms with Crippen LogP contribution in [0.4, 0.5) is 0 Å². The van der Waals surface area contributed by atoms with Gasteiger partial charge in [0.25, 0.3) is 10.0 Å². The Labute approximate surface area is 118 Å². The third kappa shape index (κ3) is 2.45. The van der Waals surface area contributed by atoms with Crippen LogP contribution < -0.4 is 0 Å². The minimum absolute atomic E-state index is 0.0724. The van der Waals surface area contributed by atoms with Crippen molar-refractivity contribution in [2.45, 2.75) is 43.7 Å². The molecule has 0 unspecified atom stereocenters. The fourth-order valence-corrected chi connectivity index (χ4v) is 4.15. The van der Waals surface area contributed by atoms with Crippen molar-refractivity contribution in [3.63, 3.8) is 0 Å². The van der Waals surface area contributed by atoms with Crippen LogP contribution in [0.1, 0.15) is 38.4 Å². The summed E-state index contributed by atoms with van der Waals surface area (Å²) < 4.78 is 27.8. The summed E-state index contributed by atoms with van der Waals surface area (Å²) in [4.78, 5) is 15.3. The summed E-state index contributed by atoms with van der Waals surface area (Å²) in [6, 6.07) is -0.982. The Bertz CT molecular complexity index is 621. The molecule has 2 rings (SSSR count). The molecule has 1 fully saturated rings. The molecular formula is C12H19N3O4S. The maximum atomic E-state index is 12.5. The fraction of sp³-hybridized carbons (Fsp3) is 0.667. The van der Waals surface area contributed by atoms with Crippen LogP contribution in [0.3, 0.4) is 0 Å². The van der Waals surface area contributed by atoms with Crippen molar-refractivity contribution in [3.8, 4) is 0 Å². The van der Waals surface area contributed by atoms with Crippen LogP contribution in [0.5, 0.6) is 0 Å². The zero-order chi connectivity index (χ0) is 15.1. The average molecular weight is 301 g/mol. The Balaban J connectivity index is 2.40. The zero-order valence-electron chi connectivity index (χ0n) is 11.8. The summed E-state index contributed by atoms with van der Waals surface area (Å²) >= 11 is 0. The van der Waals surface area contributed by atoms with Crippen LogP contribution in [-0.2, 0) is 21.9 Å². The Hall–Kier alpha value is -1.41. The van der Waals surface area contributed by atoms with Crippen molar-refractivity contribution in [2.24, 2.45) is 7.05 Å². The molecule has 112 valence electrons. The van der Waals surface area contributed by atoms with Gasteiger partial charge in [0.1, 0.15) is 11.9 Å². The van der Waals surface area contributed by atoms with Crippen molar-refractivity contribution in [1.82, 2.24) is 13.9 Å². The molecule has 0 aliphatic carbocycles. The van der Waals surface area contributed by atoms with E-state index >= 15 is 0 Å². The molecule has 1 N–H and O–H groups in total. The summed E-state index contributed by atoms with van der Waals surface area (Å²) in [5, 5.41) is 9.04. The quantitative estimate of drug-likeness (QED) is 0.887. The number of carbonyl (C=O) groups is 1. The van der Waals surface area contributed by atoms with Gasteiger partial charge in [-0.2, -0.15) is 4.31 Å². The first kappa shape index (κ1) is 15.0. The maximum absolute atomic E-state index is 12.5. The van der Waals surface area contributed by atoms with Gasteiger partial charge in [0.05, 0.1) is 0 Å². The standard InChI is InChI=1S/C12H19N3O4S/c1-8(2)11-13-10(7-14(11)3)20(18,19)15-6-4-5-9(15)12(16)17/h7-9H,4-6H2,1-3H3,(H,16,17)/t9-/m1/s1. The Kier molecular flexibility index (Phi) is 3.88. The lowest BCUT2D eigenvalue weighted by Crippen LogP contribution is -2.40. The van der Waals surface area contributed by atoms with Gasteiger partial charge < -0.3 is 9.67 Å². The number of aryl methyl sites for hydroxylation is 1. The van der Waals surface area contributed by atoms with Gasteiger partial charge in [-0.05, 0) is 12.8 Å². The number of aliphatic carboxylic acids is 1. The predicted octanol–water partition coefficient (Wildman–Crippen LogP) is 0.781. The number of carboxylic acids is 1. The molecule has 1 aliphatic rings. The second-order valence-electron chi connectivity index (χ2n) is 5.31. The monoisotopic (exact) mass is 301 g/mol. The average Bonchev–Trinajstić information content (AvgIpc) is 2.94. The minimum Gasteiger partial charge on any atom is -0.480 e. The van der Waals surface area contributed by atoms with Crippen molar-refractivity contribution < 1.29 is 18.3 Å². The van der Waals surface area contributed by atoms with E-state index in [0.29, 0.717) is 18.7 Å². The first-order valence-corrected chi connectivity index (χ1v) is 7.97. The van der Waals surface area contributed by atoms with Crippen molar-refractivity contribution in [2.75, 3.05) is 6.54 Å². The van der Waals surface area contributed by atoms with Gasteiger partial charge in [0.15, 0.2) is 5.03 Å². The molecule has 0 aromatic carbocycles. The van der Waals surface area contributed by atoms with E-state index < -0.39 is 22.0 Å². The van der Waals surface area contributed by atoms with E-state index in [9.17, 15) is 13.2 Å². The molecule has 1 saturated heterocycles. The van der Waals surface area contributed by atoms with Crippen LogP contribution in [0.25, 0.3) is 0 Å². The van der Waals surface area contributed by atoms with Gasteiger partial charge in [0, 0.05) is 25.7 Å². The number of aromatic nitrogens is 2. The summed E-state index contributed by atoms with van der Waals surface area (Å²) in [6.45, 7) is 4.08. The molecular weight excluding hydrogens is 282 g/mol. The summed E-state index contributed by atoms with van der Waals surface area (Å²) in [5.41, 5.74) is 0. The fourth-order valence-electron chi connectivity index (χ4n) is 2.51. The third-order valence-electron chi connectivity index (χ3n) is 3.47. The minimum atomic E-state index is -3.85. The zero-order valence-corrected chi connectivity index (χ0v) is 12.6. The number of nitrogens with zero attached hydrogens (tertiary/aromatic N) is 3. The Morgan fingerprint density at radius 3 is 2.65 bits per heavy atom. The van der Waals surface area contributed by atoms with Crippen molar-refractivity contribution in [3.05, 3.63) is 12.0 Å². The molecule has 1 atom stereocenters. The molecule has 20 heavy (non-hydrogen) atoms. The van der Waals surface area contributed by atoms with E-state index in [2.05, 4.69) is 4.98 Å². The molecule has 7 nitrogen and oxygen atoms in total. The molecule has 0 bridgehead atoms. The van der Waals surface area contributed by atoms with Crippen LogP contribution >= 0.6 is 0 Å². The van der Waals surface area contributed by atoms with Gasteiger partial charge in [0.2, 0.25) is 0 Å². The number of imidazole rings is 1. The second-order valence-corrected chi connectivity index (χ2v) is 7.15. The SMILES string of the molecule is CC(C)c1nc(S(=O)(=O)N2CCC[C@@H]2C(=O)O)cn1C. The number of rotatable bonds is 4. The Morgan fingerprint density at radius 1 is 1.50 bits per heavy atom. The van der Waals surface area contributed by atoms with E-state index in [1.807, 2.05) is 13.8 Å². The molecule has 2 heterocycles. The molecule has 0 amide bonds. The molecule has 1 aromatic heterocycles. The molecule has 0 saturated carbocycles. The largest absolute Gasteiger partial charge is 0.480 e. The van der Waals surface area contributed by atoms with Gasteiger partial charge in [-0.25, -0.2) is 13.4 Å². The number of sulfonamides is 1. The van der Waals surface area contributed by atoms with Crippen LogP contribution in [0.15, 0.2) is 11.2 Å². The molecule has 1 aliphatic heterocycles. The normalized spacial score (nSPS) is 20.7. The highest BCUT2D eigenvalue weighted by Gasteiger charge is 2.40. The molecule has 0 spiro atoms. The first-order valence-electron chi connectivity index (χ1n) is 6.53. The smallest absolute Gasteiger partial charge is 0.322 e. The highest BCUT2D eigenvalue weighted by molar-refractivity contribution is 7.89. The van der Waals surface area contributed by atoms with E-state index in [0.717, 1.165) is 4.31 Å². The van der Waals surface area contributed by atoms with Crippen molar-refractivity contribution >= 4 is 16.0 Å². The summed E-state index contributed by atoms with van der Waals surface area (Å²) in [7, 11) is -2.11. The first-order chi connectivity index (χ1) is 9.25. The highest BCUT2D eigenvalue weighted by atomic mass is 32.2. The van der Waals surface area contributed by atoms with Crippen LogP contribution in [0, 0.1) is 0 Å². The van der Waals surface area contributed by atoms with Gasteiger partial charge in [-0.1, -0.05) is 13.8 Å². The summed E-state index contributed by atoms with van der Waals surface area (Å²) in [5.74, 6) is -0.349. The molecule has 8 heteroatoms. The molecule has 0 radical (unpaired) electrons. The third-order valence-corrected chi connectivity index (χ3v) is 5.25. The van der Waals surface area contributed by atoms with E-state index in [1.54, 1.807) is 11.6 Å². The highest BCUT2D eigenvalue weighted by Crippen LogP contribution is 2.26. The number of carboxylic acid groups (broad SMARTS) is 1. The Morgan fingerprint density at radius 2 is 2.15 bits per heavy atom. The van der Waals surface area contributed by atoms with Gasteiger partial charge in [-0.3, -0.25) is 4.79 Å². The van der Waals surface area contributed by atoms with E-state index in [-0.39, 0.29) is 17.5 Å². The predicted molar refractivity (Wildman–Crippen MR) is 71.8 cm³/mol. The second kappa shape index (κ2) is 5.17. The van der Waals surface area contributed by atoms with Crippen LogP contribution in [0.2, 0.25) is 0 Å².